The topological polar surface area (TPSA) is 0 Å². The molecule has 26 heavy (non-hydrogen) atoms. The van der Waals surface area contributed by atoms with Gasteiger partial charge in [0.1, 0.15) is 16.2 Å². The predicted octanol–water partition coefficient (Wildman–Crippen LogP) is 3.04. The highest BCUT2D eigenvalue weighted by Crippen LogP contribution is 2.25. The summed E-state index contributed by atoms with van der Waals surface area (Å²) in [4.78, 5) is 0. The van der Waals surface area contributed by atoms with Gasteiger partial charge in [-0.15, -0.1) is 0 Å². The normalized spacial score (nSPS) is 11.0. The first-order valence-electron chi connectivity index (χ1n) is 8.51. The Balaban J connectivity index is 0.00000338. The molecule has 0 aliphatic carbocycles. The maximum Gasteiger partial charge on any atom is 0.129 e. The molecule has 0 atom stereocenters. The van der Waals surface area contributed by atoms with Crippen molar-refractivity contribution in [2.45, 2.75) is 19.3 Å². The lowest BCUT2D eigenvalue weighted by Gasteiger charge is -2.26. The van der Waals surface area contributed by atoms with Gasteiger partial charge >= 0.3 is 0 Å². The number of alkyl halides is 1. The molecule has 2 aromatic carbocycles. The molecule has 0 amide bonds. The first-order valence-corrected chi connectivity index (χ1v) is 10.0. The smallest absolute Gasteiger partial charge is 0.129 e. The van der Waals surface area contributed by atoms with Crippen LogP contribution in [0.15, 0.2) is 54.6 Å². The molecule has 142 valence electrons. The second-order valence-corrected chi connectivity index (χ2v) is 7.59. The molecule has 0 radical (unpaired) electrons. The maximum atomic E-state index is 13.2. The van der Waals surface area contributed by atoms with Crippen molar-refractivity contribution in [2.75, 3.05) is 25.2 Å². The fourth-order valence-corrected chi connectivity index (χ4v) is 2.99. The minimum Gasteiger partial charge on any atom is -1.00 e. The molecular weight excluding hydrogens is 558 g/mol. The molecule has 0 spiro atoms. The second kappa shape index (κ2) is 11.3. The van der Waals surface area contributed by atoms with Crippen LogP contribution in [0.2, 0.25) is 0 Å². The number of rotatable bonds is 8. The van der Waals surface area contributed by atoms with Gasteiger partial charge in [-0.1, -0.05) is 30.3 Å². The average molecular weight is 583 g/mol. The van der Waals surface area contributed by atoms with Gasteiger partial charge in [-0.25, -0.2) is 8.78 Å². The molecule has 5 heteroatoms. The Labute approximate surface area is 186 Å². The van der Waals surface area contributed by atoms with Gasteiger partial charge in [-0.05, 0) is 82.8 Å². The van der Waals surface area contributed by atoms with Crippen molar-refractivity contribution in [3.8, 4) is 0 Å². The third-order valence-corrected chi connectivity index (χ3v) is 6.05. The molecule has 0 saturated heterocycles. The molecule has 1 nitrogen and oxygen atoms in total. The van der Waals surface area contributed by atoms with E-state index < -0.39 is 0 Å². The minimum absolute atomic E-state index is 0. The molecule has 0 saturated carbocycles. The largest absolute Gasteiger partial charge is 1.00 e. The van der Waals surface area contributed by atoms with Crippen molar-refractivity contribution in [1.82, 2.24) is 0 Å². The van der Waals surface area contributed by atoms with Gasteiger partial charge in [0.2, 0.25) is 0 Å². The average Bonchev–Trinajstić information content (AvgIpc) is 2.60. The van der Waals surface area contributed by atoms with Crippen LogP contribution in [-0.4, -0.2) is 29.7 Å². The van der Waals surface area contributed by atoms with Crippen LogP contribution in [0.4, 0.5) is 8.78 Å². The van der Waals surface area contributed by atoms with E-state index in [0.29, 0.717) is 0 Å². The summed E-state index contributed by atoms with van der Waals surface area (Å²) in [6, 6.07) is 13.0. The zero-order chi connectivity index (χ0) is 18.3. The SMILES string of the molecule is C[N+](C)(CI)CCCCC=C(c1ccc(F)cc1)c1ccc(F)cc1.[I-]. The Hall–Kier alpha value is -0.540. The number of allylic oxidation sites excluding steroid dienone is 1. The zero-order valence-electron chi connectivity index (χ0n) is 15.2. The monoisotopic (exact) mass is 583 g/mol. The molecule has 0 unspecified atom stereocenters. The van der Waals surface area contributed by atoms with Gasteiger partial charge in [0.05, 0.1) is 20.6 Å². The molecule has 0 bridgehead atoms. The lowest BCUT2D eigenvalue weighted by Crippen LogP contribution is -3.00. The summed E-state index contributed by atoms with van der Waals surface area (Å²) in [5.74, 6) is -0.498. The van der Waals surface area contributed by atoms with Gasteiger partial charge in [0.15, 0.2) is 0 Å². The van der Waals surface area contributed by atoms with Crippen molar-refractivity contribution >= 4 is 28.2 Å². The molecule has 0 fully saturated rings. The molecule has 2 rings (SSSR count). The number of unbranched alkanes of at least 4 members (excludes halogenated alkanes) is 2. The number of hydrogen-bond acceptors (Lipinski definition) is 0. The maximum absolute atomic E-state index is 13.2. The van der Waals surface area contributed by atoms with Crippen molar-refractivity contribution in [1.29, 1.82) is 0 Å². The van der Waals surface area contributed by atoms with Crippen molar-refractivity contribution < 1.29 is 37.2 Å². The van der Waals surface area contributed by atoms with Crippen LogP contribution in [0.25, 0.3) is 5.57 Å². The van der Waals surface area contributed by atoms with Crippen LogP contribution in [0.1, 0.15) is 30.4 Å². The van der Waals surface area contributed by atoms with Crippen molar-refractivity contribution in [3.05, 3.63) is 77.4 Å². The van der Waals surface area contributed by atoms with Crippen LogP contribution in [0, 0.1) is 11.6 Å². The summed E-state index contributed by atoms with van der Waals surface area (Å²) >= 11 is 2.42. The number of hydrogen-bond donors (Lipinski definition) is 0. The third kappa shape index (κ3) is 7.60. The first-order chi connectivity index (χ1) is 11.9. The third-order valence-electron chi connectivity index (χ3n) is 4.20. The highest BCUT2D eigenvalue weighted by molar-refractivity contribution is 14.1. The van der Waals surface area contributed by atoms with E-state index in [4.69, 9.17) is 0 Å². The van der Waals surface area contributed by atoms with Gasteiger partial charge in [0, 0.05) is 0 Å². The molecule has 0 heterocycles. The van der Waals surface area contributed by atoms with E-state index >= 15 is 0 Å². The number of benzene rings is 2. The minimum atomic E-state index is -0.249. The first kappa shape index (κ1) is 23.5. The molecule has 0 aliphatic heterocycles. The van der Waals surface area contributed by atoms with E-state index in [0.717, 1.165) is 51.5 Å². The second-order valence-electron chi connectivity index (χ2n) is 6.91. The summed E-state index contributed by atoms with van der Waals surface area (Å²) in [7, 11) is 4.48. The van der Waals surface area contributed by atoms with Crippen LogP contribution < -0.4 is 24.0 Å². The van der Waals surface area contributed by atoms with Gasteiger partial charge < -0.3 is 28.5 Å². The number of nitrogens with zero attached hydrogens (tertiary/aromatic N) is 1. The fraction of sp³-hybridized carbons (Fsp3) is 0.333. The van der Waals surface area contributed by atoms with Gasteiger partial charge in [-0.2, -0.15) is 0 Å². The Kier molecular flexibility index (Phi) is 10.2. The fourth-order valence-electron chi connectivity index (χ4n) is 2.65. The van der Waals surface area contributed by atoms with Crippen LogP contribution in [-0.2, 0) is 0 Å². The summed E-state index contributed by atoms with van der Waals surface area (Å²) in [6.45, 7) is 1.15. The molecular formula is C21H25F2I2N. The van der Waals surface area contributed by atoms with Crippen molar-refractivity contribution in [3.63, 3.8) is 0 Å². The van der Waals surface area contributed by atoms with E-state index in [-0.39, 0.29) is 35.6 Å². The highest BCUT2D eigenvalue weighted by atomic mass is 127. The van der Waals surface area contributed by atoms with E-state index in [1.807, 2.05) is 0 Å². The van der Waals surface area contributed by atoms with E-state index in [1.165, 1.54) is 24.3 Å². The van der Waals surface area contributed by atoms with Crippen LogP contribution >= 0.6 is 22.6 Å². The van der Waals surface area contributed by atoms with E-state index in [9.17, 15) is 8.78 Å². The van der Waals surface area contributed by atoms with Gasteiger partial charge in [-0.3, -0.25) is 0 Å². The van der Waals surface area contributed by atoms with Crippen LogP contribution in [0.5, 0.6) is 0 Å². The lowest BCUT2D eigenvalue weighted by molar-refractivity contribution is -0.874. The quantitative estimate of drug-likeness (QED) is 0.148. The standard InChI is InChI=1S/C21H25F2IN.HI/c1-25(2,16-24)15-5-3-4-6-21(17-7-11-19(22)12-8-17)18-9-13-20(23)14-10-18;/h6-14H,3-5,15-16H2,1-2H3;1H/q+1;/p-1. The lowest BCUT2D eigenvalue weighted by atomic mass is 9.96. The Bertz CT molecular complexity index is 647. The highest BCUT2D eigenvalue weighted by Gasteiger charge is 2.11. The molecule has 0 aliphatic rings. The molecule has 0 N–H and O–H groups in total. The molecule has 0 aromatic heterocycles. The van der Waals surface area contributed by atoms with E-state index in [1.54, 1.807) is 24.3 Å². The number of quaternary nitrogens is 1. The zero-order valence-corrected chi connectivity index (χ0v) is 19.5. The summed E-state index contributed by atoms with van der Waals surface area (Å²) < 4.78 is 28.6. The Morgan fingerprint density at radius 3 is 1.77 bits per heavy atom. The molecule has 2 aromatic rings. The number of halogens is 4. The summed E-state index contributed by atoms with van der Waals surface area (Å²) in [6.07, 6.45) is 5.40. The summed E-state index contributed by atoms with van der Waals surface area (Å²) in [5.41, 5.74) is 2.94. The van der Waals surface area contributed by atoms with Crippen LogP contribution in [0.3, 0.4) is 0 Å². The summed E-state index contributed by atoms with van der Waals surface area (Å²) in [5, 5.41) is 0. The Morgan fingerprint density at radius 2 is 1.35 bits per heavy atom. The van der Waals surface area contributed by atoms with Crippen molar-refractivity contribution in [2.24, 2.45) is 0 Å². The predicted molar refractivity (Wildman–Crippen MR) is 110 cm³/mol. The van der Waals surface area contributed by atoms with E-state index in [2.05, 4.69) is 42.8 Å². The van der Waals surface area contributed by atoms with Gasteiger partial charge in [0.25, 0.3) is 0 Å². The Morgan fingerprint density at radius 1 is 0.885 bits per heavy atom.